The first-order chi connectivity index (χ1) is 11.7. The van der Waals surface area contributed by atoms with Gasteiger partial charge < -0.3 is 15.6 Å². The number of aromatic nitrogens is 1. The summed E-state index contributed by atoms with van der Waals surface area (Å²) in [6.45, 7) is 7.03. The Labute approximate surface area is 150 Å². The molecule has 0 radical (unpaired) electrons. The lowest BCUT2D eigenvalue weighted by molar-refractivity contribution is 0.554. The minimum absolute atomic E-state index is 0.217. The van der Waals surface area contributed by atoms with Crippen LogP contribution in [0.15, 0.2) is 35.5 Å². The van der Waals surface area contributed by atoms with E-state index in [9.17, 15) is 8.42 Å². The molecular weight excluding hydrogens is 336 g/mol. The fourth-order valence-electron chi connectivity index (χ4n) is 2.38. The number of sulfone groups is 1. The van der Waals surface area contributed by atoms with E-state index in [1.807, 2.05) is 25.3 Å². The fourth-order valence-corrected chi connectivity index (χ4v) is 2.68. The molecule has 25 heavy (non-hydrogen) atoms. The Bertz CT molecular complexity index is 838. The molecule has 0 aliphatic heterocycles. The summed E-state index contributed by atoms with van der Waals surface area (Å²) in [6, 6.07) is 8.21. The minimum Gasteiger partial charge on any atom is -0.361 e. The van der Waals surface area contributed by atoms with Gasteiger partial charge in [0.1, 0.15) is 0 Å². The number of hydrogen-bond acceptors (Lipinski definition) is 3. The molecule has 0 aliphatic carbocycles. The summed E-state index contributed by atoms with van der Waals surface area (Å²) >= 11 is 0. The molecule has 2 rings (SSSR count). The molecule has 0 saturated carbocycles. The van der Waals surface area contributed by atoms with Crippen LogP contribution in [-0.2, 0) is 16.3 Å². The van der Waals surface area contributed by atoms with E-state index in [0.29, 0.717) is 12.5 Å². The summed E-state index contributed by atoms with van der Waals surface area (Å²) in [5, 5.41) is 7.66. The van der Waals surface area contributed by atoms with Crippen molar-refractivity contribution in [2.45, 2.75) is 31.9 Å². The molecule has 0 aliphatic rings. The van der Waals surface area contributed by atoms with Crippen molar-refractivity contribution >= 4 is 26.7 Å². The van der Waals surface area contributed by atoms with E-state index in [-0.39, 0.29) is 6.54 Å². The summed E-state index contributed by atoms with van der Waals surface area (Å²) in [4.78, 5) is 7.71. The second kappa shape index (κ2) is 7.91. The highest BCUT2D eigenvalue weighted by Gasteiger charge is 2.29. The van der Waals surface area contributed by atoms with Crippen LogP contribution in [-0.4, -0.2) is 50.0 Å². The largest absolute Gasteiger partial charge is 0.361 e. The summed E-state index contributed by atoms with van der Waals surface area (Å²) in [7, 11) is -3.16. The number of H-pyrrole nitrogens is 1. The van der Waals surface area contributed by atoms with Crippen molar-refractivity contribution in [3.63, 3.8) is 0 Å². The van der Waals surface area contributed by atoms with Gasteiger partial charge in [-0.15, -0.1) is 0 Å². The number of benzene rings is 1. The van der Waals surface area contributed by atoms with Gasteiger partial charge in [0.05, 0.1) is 11.3 Å². The SMILES string of the molecule is CCNC(=NCC(C)(C)S(C)(=O)=O)NCCc1c[nH]c2ccccc12. The number of nitrogens with zero attached hydrogens (tertiary/aromatic N) is 1. The Balaban J connectivity index is 1.98. The number of aromatic amines is 1. The molecule has 1 heterocycles. The standard InChI is InChI=1S/C18H28N4O2S/c1-5-19-17(22-13-18(2,3)25(4,23)24)20-11-10-14-12-21-16-9-7-6-8-15(14)16/h6-9,12,21H,5,10-11,13H2,1-4H3,(H2,19,20,22). The van der Waals surface area contributed by atoms with Gasteiger partial charge in [0.25, 0.3) is 0 Å². The zero-order valence-corrected chi connectivity index (χ0v) is 16.2. The molecule has 0 spiro atoms. The van der Waals surface area contributed by atoms with Gasteiger partial charge in [0.15, 0.2) is 15.8 Å². The minimum atomic E-state index is -3.16. The first kappa shape index (κ1) is 19.3. The molecular formula is C18H28N4O2S. The van der Waals surface area contributed by atoms with Gasteiger partial charge in [-0.05, 0) is 38.8 Å². The molecule has 0 saturated heterocycles. The van der Waals surface area contributed by atoms with Crippen LogP contribution in [0.2, 0.25) is 0 Å². The van der Waals surface area contributed by atoms with Crippen molar-refractivity contribution in [3.8, 4) is 0 Å². The number of para-hydroxylation sites is 1. The quantitative estimate of drug-likeness (QED) is 0.519. The predicted molar refractivity (Wildman–Crippen MR) is 105 cm³/mol. The molecule has 0 unspecified atom stereocenters. The van der Waals surface area contributed by atoms with Crippen LogP contribution in [0.3, 0.4) is 0 Å². The Hall–Kier alpha value is -2.02. The molecule has 7 heteroatoms. The Morgan fingerprint density at radius 1 is 1.24 bits per heavy atom. The average Bonchev–Trinajstić information content (AvgIpc) is 2.95. The second-order valence-corrected chi connectivity index (χ2v) is 9.41. The molecule has 0 fully saturated rings. The lowest BCUT2D eigenvalue weighted by Crippen LogP contribution is -2.41. The zero-order valence-electron chi connectivity index (χ0n) is 15.4. The highest BCUT2D eigenvalue weighted by atomic mass is 32.2. The van der Waals surface area contributed by atoms with E-state index in [4.69, 9.17) is 0 Å². The van der Waals surface area contributed by atoms with Crippen molar-refractivity contribution in [2.24, 2.45) is 4.99 Å². The molecule has 3 N–H and O–H groups in total. The normalized spacial score (nSPS) is 13.2. The van der Waals surface area contributed by atoms with E-state index in [2.05, 4.69) is 32.7 Å². The molecule has 1 aromatic heterocycles. The van der Waals surface area contributed by atoms with Gasteiger partial charge >= 0.3 is 0 Å². The lowest BCUT2D eigenvalue weighted by atomic mass is 10.1. The third-order valence-electron chi connectivity index (χ3n) is 4.33. The van der Waals surface area contributed by atoms with Crippen LogP contribution < -0.4 is 10.6 Å². The third kappa shape index (κ3) is 4.98. The molecule has 2 aromatic rings. The molecule has 0 atom stereocenters. The van der Waals surface area contributed by atoms with Crippen molar-refractivity contribution in [1.82, 2.24) is 15.6 Å². The van der Waals surface area contributed by atoms with Crippen molar-refractivity contribution in [3.05, 3.63) is 36.0 Å². The first-order valence-corrected chi connectivity index (χ1v) is 10.4. The highest BCUT2D eigenvalue weighted by Crippen LogP contribution is 2.18. The zero-order chi connectivity index (χ0) is 18.5. The first-order valence-electron chi connectivity index (χ1n) is 8.51. The summed E-state index contributed by atoms with van der Waals surface area (Å²) in [5.74, 6) is 0.638. The van der Waals surface area contributed by atoms with Crippen LogP contribution in [0, 0.1) is 0 Å². The van der Waals surface area contributed by atoms with Gasteiger partial charge in [-0.1, -0.05) is 18.2 Å². The van der Waals surface area contributed by atoms with E-state index in [1.165, 1.54) is 17.2 Å². The third-order valence-corrected chi connectivity index (χ3v) is 6.46. The van der Waals surface area contributed by atoms with Gasteiger partial charge in [-0.2, -0.15) is 0 Å². The smallest absolute Gasteiger partial charge is 0.191 e. The van der Waals surface area contributed by atoms with E-state index in [0.717, 1.165) is 18.5 Å². The number of aliphatic imine (C=N–C) groups is 1. The number of fused-ring (bicyclic) bond motifs is 1. The molecule has 0 bridgehead atoms. The van der Waals surface area contributed by atoms with Crippen molar-refractivity contribution < 1.29 is 8.42 Å². The van der Waals surface area contributed by atoms with E-state index >= 15 is 0 Å². The van der Waals surface area contributed by atoms with Crippen LogP contribution >= 0.6 is 0 Å². The van der Waals surface area contributed by atoms with Crippen molar-refractivity contribution in [2.75, 3.05) is 25.9 Å². The molecule has 6 nitrogen and oxygen atoms in total. The number of nitrogens with one attached hydrogen (secondary N) is 3. The van der Waals surface area contributed by atoms with Crippen LogP contribution in [0.25, 0.3) is 10.9 Å². The highest BCUT2D eigenvalue weighted by molar-refractivity contribution is 7.92. The molecule has 0 amide bonds. The second-order valence-electron chi connectivity index (χ2n) is 6.76. The topological polar surface area (TPSA) is 86.3 Å². The Morgan fingerprint density at radius 3 is 2.64 bits per heavy atom. The van der Waals surface area contributed by atoms with Crippen molar-refractivity contribution in [1.29, 1.82) is 0 Å². The Morgan fingerprint density at radius 2 is 1.96 bits per heavy atom. The lowest BCUT2D eigenvalue weighted by Gasteiger charge is -2.21. The fraction of sp³-hybridized carbons (Fsp3) is 0.500. The van der Waals surface area contributed by atoms with Gasteiger partial charge in [-0.25, -0.2) is 8.42 Å². The number of rotatable bonds is 7. The number of hydrogen-bond donors (Lipinski definition) is 3. The summed E-state index contributed by atoms with van der Waals surface area (Å²) in [6.07, 6.45) is 4.13. The van der Waals surface area contributed by atoms with Gasteiger partial charge in [0, 0.05) is 36.4 Å². The number of guanidine groups is 1. The van der Waals surface area contributed by atoms with E-state index in [1.54, 1.807) is 13.8 Å². The maximum atomic E-state index is 11.8. The molecule has 138 valence electrons. The van der Waals surface area contributed by atoms with Crippen LogP contribution in [0.1, 0.15) is 26.3 Å². The van der Waals surface area contributed by atoms with Gasteiger partial charge in [0.2, 0.25) is 0 Å². The Kier molecular flexibility index (Phi) is 6.11. The average molecular weight is 365 g/mol. The van der Waals surface area contributed by atoms with Crippen LogP contribution in [0.5, 0.6) is 0 Å². The maximum Gasteiger partial charge on any atom is 0.191 e. The van der Waals surface area contributed by atoms with E-state index < -0.39 is 14.6 Å². The monoisotopic (exact) mass is 364 g/mol. The molecule has 1 aromatic carbocycles. The summed E-state index contributed by atoms with van der Waals surface area (Å²) < 4.78 is 22.7. The van der Waals surface area contributed by atoms with Crippen LogP contribution in [0.4, 0.5) is 0 Å². The summed E-state index contributed by atoms with van der Waals surface area (Å²) in [5.41, 5.74) is 2.38. The predicted octanol–water partition coefficient (Wildman–Crippen LogP) is 2.09. The van der Waals surface area contributed by atoms with Gasteiger partial charge in [-0.3, -0.25) is 4.99 Å². The maximum absolute atomic E-state index is 11.8.